The zero-order chi connectivity index (χ0) is 13.1. The Morgan fingerprint density at radius 1 is 1.11 bits per heavy atom. The predicted molar refractivity (Wildman–Crippen MR) is 76.0 cm³/mol. The third-order valence-electron chi connectivity index (χ3n) is 3.70. The molecule has 0 aromatic heterocycles. The molecule has 0 radical (unpaired) electrons. The van der Waals surface area contributed by atoms with Crippen molar-refractivity contribution in [3.63, 3.8) is 0 Å². The molecule has 1 atom stereocenters. The van der Waals surface area contributed by atoms with Gasteiger partial charge in [0.25, 0.3) is 0 Å². The van der Waals surface area contributed by atoms with E-state index in [-0.39, 0.29) is 0 Å². The predicted octanol–water partition coefficient (Wildman–Crippen LogP) is 2.99. The van der Waals surface area contributed by atoms with E-state index in [0.29, 0.717) is 6.04 Å². The van der Waals surface area contributed by atoms with E-state index in [1.807, 2.05) is 0 Å². The van der Waals surface area contributed by atoms with Crippen LogP contribution >= 0.6 is 0 Å². The summed E-state index contributed by atoms with van der Waals surface area (Å²) in [6.45, 7) is 5.69. The molecule has 108 valence electrons. The highest BCUT2D eigenvalue weighted by Gasteiger charge is 2.14. The maximum atomic E-state index is 5.90. The third-order valence-corrected chi connectivity index (χ3v) is 3.70. The second-order valence-electron chi connectivity index (χ2n) is 5.50. The van der Waals surface area contributed by atoms with Gasteiger partial charge in [-0.05, 0) is 31.7 Å². The second kappa shape index (κ2) is 10.8. The van der Waals surface area contributed by atoms with Gasteiger partial charge >= 0.3 is 0 Å². The minimum atomic E-state index is 0.348. The van der Waals surface area contributed by atoms with Crippen molar-refractivity contribution in [3.05, 3.63) is 0 Å². The summed E-state index contributed by atoms with van der Waals surface area (Å²) in [4.78, 5) is 0. The standard InChI is InChI=1S/C15H31NO2/c1-3-10-16-15(12-17-2)13-18-11-14-8-6-4-5-7-9-14/h14-16H,3-13H2,1-2H3. The normalized spacial score (nSPS) is 19.7. The van der Waals surface area contributed by atoms with Crippen molar-refractivity contribution in [1.29, 1.82) is 0 Å². The fourth-order valence-electron chi connectivity index (χ4n) is 2.62. The van der Waals surface area contributed by atoms with Gasteiger partial charge in [-0.3, -0.25) is 0 Å². The lowest BCUT2D eigenvalue weighted by molar-refractivity contribution is 0.0523. The number of nitrogens with one attached hydrogen (secondary N) is 1. The molecule has 0 amide bonds. The lowest BCUT2D eigenvalue weighted by atomic mass is 10.0. The summed E-state index contributed by atoms with van der Waals surface area (Å²) in [6, 6.07) is 0.348. The van der Waals surface area contributed by atoms with Crippen molar-refractivity contribution in [2.45, 2.75) is 57.9 Å². The van der Waals surface area contributed by atoms with Crippen molar-refractivity contribution >= 4 is 0 Å². The van der Waals surface area contributed by atoms with Gasteiger partial charge in [0, 0.05) is 13.7 Å². The monoisotopic (exact) mass is 257 g/mol. The summed E-state index contributed by atoms with van der Waals surface area (Å²) in [5.41, 5.74) is 0. The zero-order valence-electron chi connectivity index (χ0n) is 12.2. The average molecular weight is 257 g/mol. The van der Waals surface area contributed by atoms with E-state index in [1.165, 1.54) is 38.5 Å². The molecule has 1 aliphatic rings. The van der Waals surface area contributed by atoms with Crippen LogP contribution in [-0.4, -0.2) is 39.5 Å². The van der Waals surface area contributed by atoms with Crippen LogP contribution in [0.3, 0.4) is 0 Å². The van der Waals surface area contributed by atoms with Gasteiger partial charge in [0.1, 0.15) is 0 Å². The van der Waals surface area contributed by atoms with Crippen molar-refractivity contribution in [2.75, 3.05) is 33.5 Å². The molecule has 1 saturated carbocycles. The van der Waals surface area contributed by atoms with E-state index in [4.69, 9.17) is 9.47 Å². The van der Waals surface area contributed by atoms with Crippen LogP contribution in [0, 0.1) is 5.92 Å². The van der Waals surface area contributed by atoms with Crippen LogP contribution in [0.4, 0.5) is 0 Å². The highest BCUT2D eigenvalue weighted by Crippen LogP contribution is 2.22. The summed E-state index contributed by atoms with van der Waals surface area (Å²) in [5.74, 6) is 0.793. The number of methoxy groups -OCH3 is 1. The van der Waals surface area contributed by atoms with Gasteiger partial charge < -0.3 is 14.8 Å². The van der Waals surface area contributed by atoms with Crippen molar-refractivity contribution < 1.29 is 9.47 Å². The van der Waals surface area contributed by atoms with Crippen LogP contribution in [0.2, 0.25) is 0 Å². The van der Waals surface area contributed by atoms with E-state index in [9.17, 15) is 0 Å². The van der Waals surface area contributed by atoms with Crippen LogP contribution < -0.4 is 5.32 Å². The van der Waals surface area contributed by atoms with Crippen LogP contribution in [0.5, 0.6) is 0 Å². The van der Waals surface area contributed by atoms with Crippen molar-refractivity contribution in [2.24, 2.45) is 5.92 Å². The molecule has 3 heteroatoms. The molecule has 0 aliphatic heterocycles. The van der Waals surface area contributed by atoms with E-state index >= 15 is 0 Å². The van der Waals surface area contributed by atoms with Gasteiger partial charge in [-0.15, -0.1) is 0 Å². The molecular weight excluding hydrogens is 226 g/mol. The number of rotatable bonds is 9. The molecule has 0 spiro atoms. The number of hydrogen-bond donors (Lipinski definition) is 1. The summed E-state index contributed by atoms with van der Waals surface area (Å²) in [6.07, 6.45) is 9.49. The molecule has 0 heterocycles. The fourth-order valence-corrected chi connectivity index (χ4v) is 2.62. The van der Waals surface area contributed by atoms with Crippen LogP contribution in [-0.2, 0) is 9.47 Å². The van der Waals surface area contributed by atoms with Crippen LogP contribution in [0.1, 0.15) is 51.9 Å². The molecule has 0 aromatic rings. The second-order valence-corrected chi connectivity index (χ2v) is 5.50. The van der Waals surface area contributed by atoms with Gasteiger partial charge in [0.15, 0.2) is 0 Å². The molecule has 1 aliphatic carbocycles. The minimum Gasteiger partial charge on any atom is -0.383 e. The van der Waals surface area contributed by atoms with E-state index in [2.05, 4.69) is 12.2 Å². The summed E-state index contributed by atoms with van der Waals surface area (Å²) < 4.78 is 11.1. The molecule has 1 unspecified atom stereocenters. The van der Waals surface area contributed by atoms with Crippen molar-refractivity contribution in [3.8, 4) is 0 Å². The smallest absolute Gasteiger partial charge is 0.0642 e. The van der Waals surface area contributed by atoms with E-state index < -0.39 is 0 Å². The number of hydrogen-bond acceptors (Lipinski definition) is 3. The Kier molecular flexibility index (Phi) is 9.54. The van der Waals surface area contributed by atoms with Gasteiger partial charge in [-0.2, -0.15) is 0 Å². The molecule has 18 heavy (non-hydrogen) atoms. The maximum absolute atomic E-state index is 5.90. The summed E-state index contributed by atoms with van der Waals surface area (Å²) >= 11 is 0. The molecule has 0 bridgehead atoms. The lowest BCUT2D eigenvalue weighted by Crippen LogP contribution is -2.38. The first-order valence-corrected chi connectivity index (χ1v) is 7.66. The highest BCUT2D eigenvalue weighted by atomic mass is 16.5. The Bertz CT molecular complexity index is 179. The maximum Gasteiger partial charge on any atom is 0.0642 e. The lowest BCUT2D eigenvalue weighted by Gasteiger charge is -2.20. The first kappa shape index (κ1) is 15.9. The minimum absolute atomic E-state index is 0.348. The fraction of sp³-hybridized carbons (Fsp3) is 1.00. The average Bonchev–Trinajstić information content (AvgIpc) is 2.64. The molecule has 0 saturated heterocycles. The highest BCUT2D eigenvalue weighted by molar-refractivity contribution is 4.67. The zero-order valence-corrected chi connectivity index (χ0v) is 12.2. The van der Waals surface area contributed by atoms with Crippen LogP contribution in [0.15, 0.2) is 0 Å². The third kappa shape index (κ3) is 7.34. The first-order valence-electron chi connectivity index (χ1n) is 7.66. The molecule has 1 rings (SSSR count). The molecule has 0 aromatic carbocycles. The Balaban J connectivity index is 2.11. The topological polar surface area (TPSA) is 30.5 Å². The summed E-state index contributed by atoms with van der Waals surface area (Å²) in [7, 11) is 1.76. The van der Waals surface area contributed by atoms with Gasteiger partial charge in [0.05, 0.1) is 19.3 Å². The van der Waals surface area contributed by atoms with Gasteiger partial charge in [0.2, 0.25) is 0 Å². The molecule has 1 fully saturated rings. The Labute approximate surface area is 113 Å². The van der Waals surface area contributed by atoms with Crippen molar-refractivity contribution in [1.82, 2.24) is 5.32 Å². The van der Waals surface area contributed by atoms with E-state index in [1.54, 1.807) is 7.11 Å². The molecule has 3 nitrogen and oxygen atoms in total. The van der Waals surface area contributed by atoms with Crippen LogP contribution in [0.25, 0.3) is 0 Å². The van der Waals surface area contributed by atoms with Gasteiger partial charge in [-0.1, -0.05) is 32.6 Å². The SMILES string of the molecule is CCCNC(COC)COCC1CCCCCC1. The summed E-state index contributed by atoms with van der Waals surface area (Å²) in [5, 5.41) is 3.47. The molecule has 1 N–H and O–H groups in total. The first-order chi connectivity index (χ1) is 8.86. The largest absolute Gasteiger partial charge is 0.383 e. The Morgan fingerprint density at radius 3 is 2.44 bits per heavy atom. The quantitative estimate of drug-likeness (QED) is 0.644. The number of ether oxygens (including phenoxy) is 2. The molecular formula is C15H31NO2. The Hall–Kier alpha value is -0.120. The Morgan fingerprint density at radius 2 is 1.83 bits per heavy atom. The van der Waals surface area contributed by atoms with Gasteiger partial charge in [-0.25, -0.2) is 0 Å². The van der Waals surface area contributed by atoms with E-state index in [0.717, 1.165) is 38.7 Å².